The zero-order chi connectivity index (χ0) is 31.3. The number of aromatic nitrogens is 2. The van der Waals surface area contributed by atoms with Crippen molar-refractivity contribution in [2.75, 3.05) is 6.61 Å². The van der Waals surface area contributed by atoms with Gasteiger partial charge in [0.1, 0.15) is 28.4 Å². The molecule has 0 N–H and O–H groups in total. The highest BCUT2D eigenvalue weighted by Crippen LogP contribution is 2.50. The van der Waals surface area contributed by atoms with Crippen LogP contribution in [0.2, 0.25) is 0 Å². The SMILES string of the molecule is CCCCOc1ccc(-c2ccc(-c3ccc(C4CC=C(c5ccc(CCC(C)CC)cc5F)S4)c4nsnc34)c(F)c2)cc1. The Morgan fingerprint density at radius 2 is 1.58 bits per heavy atom. The zero-order valence-electron chi connectivity index (χ0n) is 26.0. The molecule has 2 heterocycles. The first-order chi connectivity index (χ1) is 21.9. The van der Waals surface area contributed by atoms with Crippen LogP contribution in [0, 0.1) is 17.6 Å². The van der Waals surface area contributed by atoms with Gasteiger partial charge < -0.3 is 4.74 Å². The number of hydrogen-bond donors (Lipinski definition) is 0. The molecule has 1 aliphatic heterocycles. The Hall–Kier alpha value is -3.55. The molecule has 4 aromatic carbocycles. The minimum absolute atomic E-state index is 0.0890. The number of thioether (sulfide) groups is 1. The molecule has 0 saturated carbocycles. The van der Waals surface area contributed by atoms with Gasteiger partial charge in [-0.25, -0.2) is 8.78 Å². The fraction of sp³-hybridized carbons (Fsp3) is 0.316. The molecule has 2 unspecified atom stereocenters. The molecule has 0 spiro atoms. The Bertz CT molecular complexity index is 1820. The molecule has 1 aromatic heterocycles. The van der Waals surface area contributed by atoms with Crippen LogP contribution in [0.4, 0.5) is 8.78 Å². The maximum absolute atomic E-state index is 15.6. The molecule has 5 aromatic rings. The molecule has 7 heteroatoms. The van der Waals surface area contributed by atoms with Gasteiger partial charge in [0.15, 0.2) is 0 Å². The minimum atomic E-state index is -0.305. The van der Waals surface area contributed by atoms with Crippen molar-refractivity contribution < 1.29 is 13.5 Å². The van der Waals surface area contributed by atoms with Gasteiger partial charge in [-0.05, 0) is 78.1 Å². The maximum Gasteiger partial charge on any atom is 0.131 e. The van der Waals surface area contributed by atoms with Crippen LogP contribution in [-0.2, 0) is 6.42 Å². The number of fused-ring (bicyclic) bond motifs is 1. The fourth-order valence-corrected chi connectivity index (χ4v) is 7.59. The van der Waals surface area contributed by atoms with Crippen LogP contribution in [0.25, 0.3) is 38.2 Å². The molecule has 2 atom stereocenters. The Balaban J connectivity index is 1.18. The van der Waals surface area contributed by atoms with E-state index in [1.807, 2.05) is 54.6 Å². The third kappa shape index (κ3) is 7.00. The van der Waals surface area contributed by atoms with E-state index in [4.69, 9.17) is 4.74 Å². The Labute approximate surface area is 273 Å². The van der Waals surface area contributed by atoms with Crippen LogP contribution in [0.15, 0.2) is 78.9 Å². The van der Waals surface area contributed by atoms with E-state index in [0.717, 1.165) is 94.2 Å². The van der Waals surface area contributed by atoms with Gasteiger partial charge in [-0.2, -0.15) is 8.75 Å². The summed E-state index contributed by atoms with van der Waals surface area (Å²) < 4.78 is 45.8. The van der Waals surface area contributed by atoms with Crippen LogP contribution in [0.1, 0.15) is 74.8 Å². The highest BCUT2D eigenvalue weighted by Gasteiger charge is 2.26. The van der Waals surface area contributed by atoms with Gasteiger partial charge in [0.2, 0.25) is 0 Å². The van der Waals surface area contributed by atoms with Crippen molar-refractivity contribution in [1.82, 2.24) is 8.75 Å². The molecule has 0 radical (unpaired) electrons. The maximum atomic E-state index is 15.6. The average Bonchev–Trinajstić information content (AvgIpc) is 3.75. The lowest BCUT2D eigenvalue weighted by Crippen LogP contribution is -1.97. The van der Waals surface area contributed by atoms with Crippen molar-refractivity contribution >= 4 is 39.4 Å². The monoisotopic (exact) mass is 640 g/mol. The lowest BCUT2D eigenvalue weighted by Gasteiger charge is -2.14. The number of benzene rings is 4. The van der Waals surface area contributed by atoms with Crippen molar-refractivity contribution in [3.63, 3.8) is 0 Å². The van der Waals surface area contributed by atoms with E-state index < -0.39 is 0 Å². The number of allylic oxidation sites excluding steroid dienone is 1. The summed E-state index contributed by atoms with van der Waals surface area (Å²) in [5.41, 5.74) is 7.18. The first-order valence-corrected chi connectivity index (χ1v) is 17.5. The molecular formula is C38H38F2N2OS2. The number of unbranched alkanes of at least 4 members (excludes halogenated alkanes) is 1. The largest absolute Gasteiger partial charge is 0.494 e. The topological polar surface area (TPSA) is 35.0 Å². The standard InChI is InChI=1S/C38H38F2N2OS2/c1-4-6-21-43-28-13-10-26(11-14-28)27-12-16-29(34(40)23-27)30-17-18-32(38-37(30)41-45-42-38)36-20-19-35(44-36)31-15-9-25(22-33(31)39)8-7-24(3)5-2/h9-19,22-24,36H,4-8,20-21H2,1-3H3. The lowest BCUT2D eigenvalue weighted by atomic mass is 9.96. The lowest BCUT2D eigenvalue weighted by molar-refractivity contribution is 0.309. The normalized spacial score (nSPS) is 15.4. The second-order valence-corrected chi connectivity index (χ2v) is 13.6. The summed E-state index contributed by atoms with van der Waals surface area (Å²) >= 11 is 2.80. The second kappa shape index (κ2) is 14.3. The number of hydrogen-bond acceptors (Lipinski definition) is 5. The Morgan fingerprint density at radius 3 is 2.33 bits per heavy atom. The Morgan fingerprint density at radius 1 is 0.844 bits per heavy atom. The molecule has 6 rings (SSSR count). The minimum Gasteiger partial charge on any atom is -0.494 e. The van der Waals surface area contributed by atoms with Crippen LogP contribution >= 0.6 is 23.5 Å². The van der Waals surface area contributed by atoms with E-state index in [1.165, 1.54) is 0 Å². The van der Waals surface area contributed by atoms with Gasteiger partial charge >= 0.3 is 0 Å². The molecule has 0 aliphatic carbocycles. The van der Waals surface area contributed by atoms with E-state index in [2.05, 4.69) is 41.7 Å². The third-order valence-electron chi connectivity index (χ3n) is 8.72. The number of aryl methyl sites for hydroxylation is 1. The molecule has 0 fully saturated rings. The van der Waals surface area contributed by atoms with Gasteiger partial charge in [-0.15, -0.1) is 11.8 Å². The van der Waals surface area contributed by atoms with E-state index in [-0.39, 0.29) is 16.9 Å². The quantitative estimate of drug-likeness (QED) is 0.127. The van der Waals surface area contributed by atoms with Crippen LogP contribution in [0.5, 0.6) is 5.75 Å². The van der Waals surface area contributed by atoms with Gasteiger partial charge in [-0.3, -0.25) is 0 Å². The summed E-state index contributed by atoms with van der Waals surface area (Å²) in [7, 11) is 0. The van der Waals surface area contributed by atoms with Gasteiger partial charge in [0.25, 0.3) is 0 Å². The van der Waals surface area contributed by atoms with E-state index in [0.29, 0.717) is 29.2 Å². The van der Waals surface area contributed by atoms with E-state index in [1.54, 1.807) is 23.9 Å². The number of halogens is 2. The van der Waals surface area contributed by atoms with Gasteiger partial charge in [-0.1, -0.05) is 88.2 Å². The third-order valence-corrected chi connectivity index (χ3v) is 10.6. The van der Waals surface area contributed by atoms with Crippen molar-refractivity contribution in [3.8, 4) is 28.0 Å². The summed E-state index contributed by atoms with van der Waals surface area (Å²) in [4.78, 5) is 0.952. The summed E-state index contributed by atoms with van der Waals surface area (Å²) in [5, 5.41) is 0.0890. The number of ether oxygens (including phenoxy) is 1. The van der Waals surface area contributed by atoms with Crippen molar-refractivity contribution in [2.24, 2.45) is 5.92 Å². The number of nitrogens with zero attached hydrogens (tertiary/aromatic N) is 2. The molecule has 45 heavy (non-hydrogen) atoms. The molecule has 0 amide bonds. The molecule has 1 aliphatic rings. The number of rotatable bonds is 12. The highest BCUT2D eigenvalue weighted by atomic mass is 32.2. The van der Waals surface area contributed by atoms with E-state index >= 15 is 8.78 Å². The second-order valence-electron chi connectivity index (χ2n) is 11.9. The molecule has 3 nitrogen and oxygen atoms in total. The van der Waals surface area contributed by atoms with E-state index in [9.17, 15) is 0 Å². The Kier molecular flexibility index (Phi) is 9.96. The van der Waals surface area contributed by atoms with Crippen molar-refractivity contribution in [1.29, 1.82) is 0 Å². The average molecular weight is 641 g/mol. The molecule has 0 bridgehead atoms. The predicted molar refractivity (Wildman–Crippen MR) is 186 cm³/mol. The van der Waals surface area contributed by atoms with Crippen LogP contribution < -0.4 is 4.74 Å². The summed E-state index contributed by atoms with van der Waals surface area (Å²) in [6, 6.07) is 22.8. The van der Waals surface area contributed by atoms with Crippen molar-refractivity contribution in [3.05, 3.63) is 107 Å². The summed E-state index contributed by atoms with van der Waals surface area (Å²) in [5.74, 6) is 0.989. The van der Waals surface area contributed by atoms with Crippen LogP contribution in [-0.4, -0.2) is 15.4 Å². The predicted octanol–water partition coefficient (Wildman–Crippen LogP) is 11.7. The summed E-state index contributed by atoms with van der Waals surface area (Å²) in [6.45, 7) is 7.26. The molecular weight excluding hydrogens is 603 g/mol. The van der Waals surface area contributed by atoms with Crippen LogP contribution in [0.3, 0.4) is 0 Å². The molecule has 0 saturated heterocycles. The summed E-state index contributed by atoms with van der Waals surface area (Å²) in [6.07, 6.45) is 8.10. The highest BCUT2D eigenvalue weighted by molar-refractivity contribution is 8.08. The van der Waals surface area contributed by atoms with Crippen molar-refractivity contribution in [2.45, 2.75) is 64.5 Å². The fourth-order valence-electron chi connectivity index (χ4n) is 5.71. The first kappa shape index (κ1) is 31.4. The zero-order valence-corrected chi connectivity index (χ0v) is 27.6. The molecule has 232 valence electrons. The first-order valence-electron chi connectivity index (χ1n) is 15.9. The smallest absolute Gasteiger partial charge is 0.131 e. The van der Waals surface area contributed by atoms with Gasteiger partial charge in [0, 0.05) is 26.8 Å². The van der Waals surface area contributed by atoms with Gasteiger partial charge in [0.05, 0.1) is 18.3 Å².